The molecule has 0 unspecified atom stereocenters. The van der Waals surface area contributed by atoms with Crippen molar-refractivity contribution in [3.05, 3.63) is 23.8 Å². The molecule has 4 heteroatoms. The molecule has 2 N–H and O–H groups in total. The molecule has 1 aliphatic heterocycles. The van der Waals surface area contributed by atoms with Crippen molar-refractivity contribution in [2.24, 2.45) is 0 Å². The average molecular weight is 276 g/mol. The number of anilines is 2. The van der Waals surface area contributed by atoms with Crippen molar-refractivity contribution < 1.29 is 9.53 Å². The fourth-order valence-electron chi connectivity index (χ4n) is 2.46. The number of carbonyl (C=O) groups excluding carboxylic acids is 1. The van der Waals surface area contributed by atoms with Crippen LogP contribution in [0, 0.1) is 0 Å². The quantitative estimate of drug-likeness (QED) is 0.665. The molecule has 1 heterocycles. The van der Waals surface area contributed by atoms with E-state index in [1.165, 1.54) is 6.42 Å². The van der Waals surface area contributed by atoms with E-state index in [2.05, 4.69) is 4.90 Å². The highest BCUT2D eigenvalue weighted by atomic mass is 16.6. The van der Waals surface area contributed by atoms with Gasteiger partial charge in [0, 0.05) is 18.8 Å². The van der Waals surface area contributed by atoms with Gasteiger partial charge >= 0.3 is 5.97 Å². The van der Waals surface area contributed by atoms with Gasteiger partial charge < -0.3 is 15.4 Å². The Balaban J connectivity index is 2.30. The zero-order valence-electron chi connectivity index (χ0n) is 12.6. The first-order chi connectivity index (χ1) is 9.37. The van der Waals surface area contributed by atoms with Gasteiger partial charge in [-0.1, -0.05) is 0 Å². The minimum atomic E-state index is -0.499. The van der Waals surface area contributed by atoms with Gasteiger partial charge in [0.1, 0.15) is 5.60 Å². The summed E-state index contributed by atoms with van der Waals surface area (Å²) in [6, 6.07) is 5.50. The second-order valence-electron chi connectivity index (χ2n) is 6.33. The van der Waals surface area contributed by atoms with Crippen LogP contribution >= 0.6 is 0 Å². The Morgan fingerprint density at radius 2 is 1.85 bits per heavy atom. The third-order valence-electron chi connectivity index (χ3n) is 3.34. The molecular formula is C16H24N2O2. The van der Waals surface area contributed by atoms with Gasteiger partial charge in [-0.15, -0.1) is 0 Å². The Hall–Kier alpha value is -1.71. The molecule has 2 rings (SSSR count). The summed E-state index contributed by atoms with van der Waals surface area (Å²) in [5, 5.41) is 0. The summed E-state index contributed by atoms with van der Waals surface area (Å²) in [4.78, 5) is 14.6. The molecule has 1 fully saturated rings. The van der Waals surface area contributed by atoms with E-state index in [1.807, 2.05) is 32.9 Å². The number of hydrogen-bond acceptors (Lipinski definition) is 4. The van der Waals surface area contributed by atoms with E-state index in [1.54, 1.807) is 6.07 Å². The van der Waals surface area contributed by atoms with Crippen molar-refractivity contribution in [3.8, 4) is 0 Å². The Morgan fingerprint density at radius 1 is 1.20 bits per heavy atom. The maximum atomic E-state index is 12.4. The highest BCUT2D eigenvalue weighted by Gasteiger charge is 2.23. The molecule has 20 heavy (non-hydrogen) atoms. The molecule has 0 bridgehead atoms. The van der Waals surface area contributed by atoms with E-state index in [0.717, 1.165) is 31.6 Å². The van der Waals surface area contributed by atoms with Crippen LogP contribution in [0.1, 0.15) is 50.4 Å². The predicted octanol–water partition coefficient (Wildman–Crippen LogP) is 3.21. The minimum Gasteiger partial charge on any atom is -0.456 e. The Kier molecular flexibility index (Phi) is 4.21. The standard InChI is InChI=1S/C16H24N2O2/c1-16(2,3)20-15(19)13-11-12(17)7-8-14(13)18-9-5-4-6-10-18/h7-8,11H,4-6,9-10,17H2,1-3H3. The number of nitrogens with two attached hydrogens (primary N) is 1. The first-order valence-electron chi connectivity index (χ1n) is 7.25. The maximum Gasteiger partial charge on any atom is 0.340 e. The monoisotopic (exact) mass is 276 g/mol. The smallest absolute Gasteiger partial charge is 0.340 e. The largest absolute Gasteiger partial charge is 0.456 e. The van der Waals surface area contributed by atoms with Gasteiger partial charge in [-0.3, -0.25) is 0 Å². The van der Waals surface area contributed by atoms with Crippen molar-refractivity contribution >= 4 is 17.3 Å². The molecule has 0 radical (unpaired) electrons. The summed E-state index contributed by atoms with van der Waals surface area (Å²) in [6.45, 7) is 7.59. The SMILES string of the molecule is CC(C)(C)OC(=O)c1cc(N)ccc1N1CCCCC1. The van der Waals surface area contributed by atoms with Crippen molar-refractivity contribution in [1.29, 1.82) is 0 Å². The first kappa shape index (κ1) is 14.7. The maximum absolute atomic E-state index is 12.4. The topological polar surface area (TPSA) is 55.6 Å². The van der Waals surface area contributed by atoms with Crippen molar-refractivity contribution in [2.75, 3.05) is 23.7 Å². The number of carbonyl (C=O) groups is 1. The molecule has 0 atom stereocenters. The third kappa shape index (κ3) is 3.65. The summed E-state index contributed by atoms with van der Waals surface area (Å²) in [7, 11) is 0. The number of benzene rings is 1. The van der Waals surface area contributed by atoms with Crippen molar-refractivity contribution in [3.63, 3.8) is 0 Å². The van der Waals surface area contributed by atoms with Crippen LogP contribution in [-0.2, 0) is 4.74 Å². The van der Waals surface area contributed by atoms with E-state index in [9.17, 15) is 4.79 Å². The zero-order valence-corrected chi connectivity index (χ0v) is 12.6. The lowest BCUT2D eigenvalue weighted by Crippen LogP contribution is -2.32. The van der Waals surface area contributed by atoms with Gasteiger partial charge in [-0.25, -0.2) is 4.79 Å². The summed E-state index contributed by atoms with van der Waals surface area (Å²) in [6.07, 6.45) is 3.59. The molecule has 1 aromatic rings. The molecule has 0 saturated carbocycles. The molecule has 0 spiro atoms. The van der Waals surface area contributed by atoms with E-state index in [-0.39, 0.29) is 5.97 Å². The molecule has 110 valence electrons. The summed E-state index contributed by atoms with van der Waals surface area (Å²) < 4.78 is 5.49. The Bertz CT molecular complexity index is 486. The normalized spacial score (nSPS) is 16.1. The van der Waals surface area contributed by atoms with Crippen LogP contribution in [0.3, 0.4) is 0 Å². The van der Waals surface area contributed by atoms with Crippen LogP contribution in [0.4, 0.5) is 11.4 Å². The lowest BCUT2D eigenvalue weighted by Gasteiger charge is -2.31. The third-order valence-corrected chi connectivity index (χ3v) is 3.34. The number of hydrogen-bond donors (Lipinski definition) is 1. The molecule has 1 aromatic carbocycles. The molecule has 1 saturated heterocycles. The highest BCUT2D eigenvalue weighted by molar-refractivity contribution is 5.97. The van der Waals surface area contributed by atoms with E-state index >= 15 is 0 Å². The number of rotatable bonds is 2. The first-order valence-corrected chi connectivity index (χ1v) is 7.25. The number of esters is 1. The molecule has 1 aliphatic rings. The van der Waals surface area contributed by atoms with Crippen LogP contribution in [0.2, 0.25) is 0 Å². The number of ether oxygens (including phenoxy) is 1. The Labute approximate surface area is 120 Å². The summed E-state index contributed by atoms with van der Waals surface area (Å²) in [5.74, 6) is -0.301. The van der Waals surface area contributed by atoms with Crippen LogP contribution in [0.25, 0.3) is 0 Å². The van der Waals surface area contributed by atoms with E-state index in [0.29, 0.717) is 11.3 Å². The van der Waals surface area contributed by atoms with Gasteiger partial charge in [-0.05, 0) is 58.2 Å². The Morgan fingerprint density at radius 3 is 2.45 bits per heavy atom. The summed E-state index contributed by atoms with van der Waals surface area (Å²) >= 11 is 0. The predicted molar refractivity (Wildman–Crippen MR) is 82.1 cm³/mol. The fraction of sp³-hybridized carbons (Fsp3) is 0.562. The minimum absolute atomic E-state index is 0.301. The second kappa shape index (κ2) is 5.73. The van der Waals surface area contributed by atoms with Crippen molar-refractivity contribution in [1.82, 2.24) is 0 Å². The highest BCUT2D eigenvalue weighted by Crippen LogP contribution is 2.28. The number of piperidine rings is 1. The van der Waals surface area contributed by atoms with Crippen molar-refractivity contribution in [2.45, 2.75) is 45.6 Å². The zero-order chi connectivity index (χ0) is 14.8. The van der Waals surface area contributed by atoms with Crippen LogP contribution in [0.5, 0.6) is 0 Å². The molecule has 0 amide bonds. The number of nitrogen functional groups attached to an aromatic ring is 1. The lowest BCUT2D eigenvalue weighted by atomic mass is 10.1. The fourth-order valence-corrected chi connectivity index (χ4v) is 2.46. The average Bonchev–Trinajstić information content (AvgIpc) is 2.37. The molecule has 4 nitrogen and oxygen atoms in total. The van der Waals surface area contributed by atoms with Gasteiger partial charge in [0.15, 0.2) is 0 Å². The lowest BCUT2D eigenvalue weighted by molar-refractivity contribution is 0.00703. The van der Waals surface area contributed by atoms with Crippen LogP contribution in [-0.4, -0.2) is 24.7 Å². The second-order valence-corrected chi connectivity index (χ2v) is 6.33. The number of nitrogens with zero attached hydrogens (tertiary/aromatic N) is 1. The summed E-state index contributed by atoms with van der Waals surface area (Å²) in [5.41, 5.74) is 7.43. The molecule has 0 aliphatic carbocycles. The van der Waals surface area contributed by atoms with Crippen LogP contribution < -0.4 is 10.6 Å². The van der Waals surface area contributed by atoms with Gasteiger partial charge in [0.2, 0.25) is 0 Å². The van der Waals surface area contributed by atoms with Gasteiger partial charge in [0.05, 0.1) is 11.3 Å². The molecule has 0 aromatic heterocycles. The van der Waals surface area contributed by atoms with Crippen LogP contribution in [0.15, 0.2) is 18.2 Å². The van der Waals surface area contributed by atoms with E-state index in [4.69, 9.17) is 10.5 Å². The van der Waals surface area contributed by atoms with Gasteiger partial charge in [-0.2, -0.15) is 0 Å². The van der Waals surface area contributed by atoms with E-state index < -0.39 is 5.60 Å². The van der Waals surface area contributed by atoms with Gasteiger partial charge in [0.25, 0.3) is 0 Å². The molecular weight excluding hydrogens is 252 g/mol.